The lowest BCUT2D eigenvalue weighted by Gasteiger charge is -2.16. The standard InChI is InChI=1S/C16H11Br2NO5/c17-14(9-5-6-12-13(7-9)24-8-23-12)15(18)16(20)10-3-1-2-4-11(10)19(21)22/h1-7,14-15H,8H2. The molecule has 124 valence electrons. The van der Waals surface area contributed by atoms with Crippen molar-refractivity contribution in [3.8, 4) is 11.5 Å². The number of hydrogen-bond donors (Lipinski definition) is 0. The fourth-order valence-electron chi connectivity index (χ4n) is 2.38. The molecule has 1 heterocycles. The smallest absolute Gasteiger partial charge is 0.280 e. The molecule has 0 amide bonds. The van der Waals surface area contributed by atoms with E-state index in [0.717, 1.165) is 5.56 Å². The fourth-order valence-corrected chi connectivity index (χ4v) is 3.45. The molecule has 0 fully saturated rings. The molecule has 24 heavy (non-hydrogen) atoms. The van der Waals surface area contributed by atoms with E-state index in [0.29, 0.717) is 11.5 Å². The molecule has 0 N–H and O–H groups in total. The van der Waals surface area contributed by atoms with Gasteiger partial charge in [-0.25, -0.2) is 0 Å². The zero-order valence-corrected chi connectivity index (χ0v) is 15.3. The first kappa shape index (κ1) is 16.9. The zero-order chi connectivity index (χ0) is 17.3. The monoisotopic (exact) mass is 455 g/mol. The van der Waals surface area contributed by atoms with Crippen LogP contribution < -0.4 is 9.47 Å². The van der Waals surface area contributed by atoms with Crippen LogP contribution in [0.25, 0.3) is 0 Å². The minimum atomic E-state index is -0.682. The van der Waals surface area contributed by atoms with E-state index >= 15 is 0 Å². The van der Waals surface area contributed by atoms with Crippen LogP contribution >= 0.6 is 31.9 Å². The van der Waals surface area contributed by atoms with Gasteiger partial charge in [-0.1, -0.05) is 50.1 Å². The number of Topliss-reactive ketones (excluding diaryl/α,β-unsaturated/α-hetero) is 1. The van der Waals surface area contributed by atoms with Crippen molar-refractivity contribution in [2.75, 3.05) is 6.79 Å². The van der Waals surface area contributed by atoms with Crippen LogP contribution in [0.2, 0.25) is 0 Å². The third-order valence-corrected chi connectivity index (χ3v) is 6.30. The second kappa shape index (κ2) is 6.90. The molecule has 0 saturated carbocycles. The lowest BCUT2D eigenvalue weighted by Crippen LogP contribution is -2.20. The van der Waals surface area contributed by atoms with E-state index in [1.807, 2.05) is 6.07 Å². The summed E-state index contributed by atoms with van der Waals surface area (Å²) in [7, 11) is 0. The lowest BCUT2D eigenvalue weighted by molar-refractivity contribution is -0.385. The molecule has 2 atom stereocenters. The fraction of sp³-hybridized carbons (Fsp3) is 0.188. The topological polar surface area (TPSA) is 78.7 Å². The third-order valence-electron chi connectivity index (χ3n) is 3.59. The van der Waals surface area contributed by atoms with E-state index in [4.69, 9.17) is 9.47 Å². The van der Waals surface area contributed by atoms with Crippen molar-refractivity contribution in [2.45, 2.75) is 9.65 Å². The number of carbonyl (C=O) groups is 1. The second-order valence-corrected chi connectivity index (χ2v) is 7.03. The Morgan fingerprint density at radius 2 is 1.83 bits per heavy atom. The molecule has 2 aromatic rings. The summed E-state index contributed by atoms with van der Waals surface area (Å²) in [4.78, 5) is 22.2. The highest BCUT2D eigenvalue weighted by atomic mass is 79.9. The Bertz CT molecular complexity index is 811. The number of rotatable bonds is 5. The molecule has 0 aromatic heterocycles. The van der Waals surface area contributed by atoms with Gasteiger partial charge < -0.3 is 9.47 Å². The van der Waals surface area contributed by atoms with Gasteiger partial charge in [-0.2, -0.15) is 0 Å². The molecule has 0 aliphatic carbocycles. The van der Waals surface area contributed by atoms with Gasteiger partial charge in [0.15, 0.2) is 17.3 Å². The number of carbonyl (C=O) groups excluding carboxylic acids is 1. The Kier molecular flexibility index (Phi) is 4.86. The van der Waals surface area contributed by atoms with E-state index < -0.39 is 9.75 Å². The van der Waals surface area contributed by atoms with Crippen molar-refractivity contribution in [1.82, 2.24) is 0 Å². The number of fused-ring (bicyclic) bond motifs is 1. The summed E-state index contributed by atoms with van der Waals surface area (Å²) in [5.41, 5.74) is 0.653. The molecule has 1 aliphatic rings. The summed E-state index contributed by atoms with van der Waals surface area (Å²) in [6, 6.07) is 11.3. The SMILES string of the molecule is O=C(c1ccccc1[N+](=O)[O-])C(Br)C(Br)c1ccc2c(c1)OCO2. The van der Waals surface area contributed by atoms with Crippen molar-refractivity contribution in [3.63, 3.8) is 0 Å². The molecule has 2 aromatic carbocycles. The normalized spacial score (nSPS) is 14.9. The van der Waals surface area contributed by atoms with E-state index in [1.165, 1.54) is 18.2 Å². The first-order valence-electron chi connectivity index (χ1n) is 6.94. The Labute approximate surface area is 154 Å². The minimum absolute atomic E-state index is 0.0644. The van der Waals surface area contributed by atoms with Crippen LogP contribution in [-0.4, -0.2) is 22.3 Å². The van der Waals surface area contributed by atoms with Gasteiger partial charge in [-0.3, -0.25) is 14.9 Å². The number of para-hydroxylation sites is 1. The maximum Gasteiger partial charge on any atom is 0.280 e. The highest BCUT2D eigenvalue weighted by molar-refractivity contribution is 9.12. The number of alkyl halides is 2. The van der Waals surface area contributed by atoms with Gasteiger partial charge in [0.25, 0.3) is 5.69 Å². The number of ether oxygens (including phenoxy) is 2. The second-order valence-electron chi connectivity index (χ2n) is 5.05. The summed E-state index contributed by atoms with van der Waals surface area (Å²) in [5, 5.41) is 11.1. The summed E-state index contributed by atoms with van der Waals surface area (Å²) in [5.74, 6) is 0.881. The number of nitro benzene ring substituents is 1. The summed E-state index contributed by atoms with van der Waals surface area (Å²) < 4.78 is 10.6. The Morgan fingerprint density at radius 1 is 1.12 bits per heavy atom. The molecule has 0 radical (unpaired) electrons. The number of nitro groups is 1. The molecule has 6 nitrogen and oxygen atoms in total. The summed E-state index contributed by atoms with van der Waals surface area (Å²) in [6.45, 7) is 0.165. The van der Waals surface area contributed by atoms with Crippen molar-refractivity contribution in [2.24, 2.45) is 0 Å². The lowest BCUT2D eigenvalue weighted by atomic mass is 10.0. The molecular formula is C16H11Br2NO5. The molecule has 0 bridgehead atoms. The maximum atomic E-state index is 12.7. The van der Waals surface area contributed by atoms with Crippen LogP contribution in [-0.2, 0) is 0 Å². The van der Waals surface area contributed by atoms with Gasteiger partial charge in [0, 0.05) is 6.07 Å². The van der Waals surface area contributed by atoms with Gasteiger partial charge in [0.05, 0.1) is 20.1 Å². The van der Waals surface area contributed by atoms with E-state index in [1.54, 1.807) is 18.2 Å². The number of hydrogen-bond acceptors (Lipinski definition) is 5. The van der Waals surface area contributed by atoms with E-state index in [9.17, 15) is 14.9 Å². The van der Waals surface area contributed by atoms with Crippen LogP contribution in [0.5, 0.6) is 11.5 Å². The minimum Gasteiger partial charge on any atom is -0.454 e. The molecule has 0 saturated heterocycles. The highest BCUT2D eigenvalue weighted by Gasteiger charge is 2.31. The molecule has 2 unspecified atom stereocenters. The van der Waals surface area contributed by atoms with Crippen LogP contribution in [0.4, 0.5) is 5.69 Å². The number of nitrogens with zero attached hydrogens (tertiary/aromatic N) is 1. The molecular weight excluding hydrogens is 446 g/mol. The predicted molar refractivity (Wildman–Crippen MR) is 94.4 cm³/mol. The van der Waals surface area contributed by atoms with E-state index in [2.05, 4.69) is 31.9 Å². The van der Waals surface area contributed by atoms with Gasteiger partial charge in [0.1, 0.15) is 0 Å². The quantitative estimate of drug-likeness (QED) is 0.288. The molecule has 1 aliphatic heterocycles. The Morgan fingerprint density at radius 3 is 2.58 bits per heavy atom. The van der Waals surface area contributed by atoms with Gasteiger partial charge in [-0.05, 0) is 23.8 Å². The van der Waals surface area contributed by atoms with Crippen molar-refractivity contribution in [3.05, 3.63) is 63.7 Å². The van der Waals surface area contributed by atoms with Gasteiger partial charge >= 0.3 is 0 Å². The van der Waals surface area contributed by atoms with E-state index in [-0.39, 0.29) is 28.7 Å². The van der Waals surface area contributed by atoms with Gasteiger partial charge in [-0.15, -0.1) is 0 Å². The molecule has 8 heteroatoms. The number of benzene rings is 2. The van der Waals surface area contributed by atoms with Crippen LogP contribution in [0.1, 0.15) is 20.7 Å². The number of halogens is 2. The predicted octanol–water partition coefficient (Wildman–Crippen LogP) is 4.41. The first-order valence-corrected chi connectivity index (χ1v) is 8.77. The van der Waals surface area contributed by atoms with Crippen molar-refractivity contribution >= 4 is 43.3 Å². The Balaban J connectivity index is 1.87. The Hall–Kier alpha value is -1.93. The van der Waals surface area contributed by atoms with Crippen molar-refractivity contribution < 1.29 is 19.2 Å². The number of ketones is 1. The molecule has 0 spiro atoms. The largest absolute Gasteiger partial charge is 0.454 e. The average Bonchev–Trinajstić information content (AvgIpc) is 3.07. The zero-order valence-electron chi connectivity index (χ0n) is 12.1. The average molecular weight is 457 g/mol. The van der Waals surface area contributed by atoms with Crippen LogP contribution in [0, 0.1) is 10.1 Å². The van der Waals surface area contributed by atoms with Crippen molar-refractivity contribution in [1.29, 1.82) is 0 Å². The van der Waals surface area contributed by atoms with Crippen LogP contribution in [0.3, 0.4) is 0 Å². The third kappa shape index (κ3) is 3.16. The van der Waals surface area contributed by atoms with Crippen LogP contribution in [0.15, 0.2) is 42.5 Å². The summed E-state index contributed by atoms with van der Waals surface area (Å²) >= 11 is 6.84. The highest BCUT2D eigenvalue weighted by Crippen LogP contribution is 2.40. The maximum absolute atomic E-state index is 12.7. The molecule has 3 rings (SSSR count). The first-order chi connectivity index (χ1) is 11.5. The van der Waals surface area contributed by atoms with Gasteiger partial charge in [0.2, 0.25) is 6.79 Å². The summed E-state index contributed by atoms with van der Waals surface area (Å²) in [6.07, 6.45) is 0.